The second-order valence-corrected chi connectivity index (χ2v) is 4.92. The fraction of sp³-hybridized carbons (Fsp3) is 0.417. The number of carbonyl (C=O) groups is 1. The lowest BCUT2D eigenvalue weighted by Gasteiger charge is -2.33. The molecule has 6 nitrogen and oxygen atoms in total. The maximum absolute atomic E-state index is 11.0. The molecule has 1 aromatic rings. The summed E-state index contributed by atoms with van der Waals surface area (Å²) < 4.78 is 0. The van der Waals surface area contributed by atoms with E-state index in [2.05, 4.69) is 0 Å². The van der Waals surface area contributed by atoms with E-state index < -0.39 is 16.8 Å². The molecule has 0 aliphatic carbocycles. The molecule has 1 aliphatic heterocycles. The Hall–Kier alpha value is -1.82. The Bertz CT molecular complexity index is 520. The van der Waals surface area contributed by atoms with Gasteiger partial charge in [-0.25, -0.2) is 0 Å². The Labute approximate surface area is 114 Å². The lowest BCUT2D eigenvalue weighted by molar-refractivity contribution is -0.384. The minimum atomic E-state index is -0.817. The maximum atomic E-state index is 11.0. The first-order chi connectivity index (χ1) is 8.99. The molecule has 0 spiro atoms. The molecule has 1 heterocycles. The molecule has 0 amide bonds. The topological polar surface area (TPSA) is 83.7 Å². The van der Waals surface area contributed by atoms with E-state index in [0.29, 0.717) is 25.2 Å². The summed E-state index contributed by atoms with van der Waals surface area (Å²) in [6.45, 7) is 1.09. The van der Waals surface area contributed by atoms with Gasteiger partial charge in [-0.1, -0.05) is 11.6 Å². The van der Waals surface area contributed by atoms with Gasteiger partial charge in [0.1, 0.15) is 0 Å². The fourth-order valence-corrected chi connectivity index (χ4v) is 2.56. The molecule has 0 unspecified atom stereocenters. The summed E-state index contributed by atoms with van der Waals surface area (Å²) >= 11 is 6.04. The molecule has 1 atom stereocenters. The number of halogens is 1. The minimum absolute atomic E-state index is 0.0689. The van der Waals surface area contributed by atoms with Crippen molar-refractivity contribution in [3.63, 3.8) is 0 Å². The van der Waals surface area contributed by atoms with Crippen molar-refractivity contribution < 1.29 is 14.8 Å². The number of nitro groups is 1. The highest BCUT2D eigenvalue weighted by Crippen LogP contribution is 2.32. The van der Waals surface area contributed by atoms with Crippen LogP contribution < -0.4 is 4.90 Å². The average molecular weight is 285 g/mol. The number of benzene rings is 1. The summed E-state index contributed by atoms with van der Waals surface area (Å²) in [5, 5.41) is 20.0. The monoisotopic (exact) mass is 284 g/mol. The quantitative estimate of drug-likeness (QED) is 0.681. The second kappa shape index (κ2) is 5.44. The first kappa shape index (κ1) is 13.6. The summed E-state index contributed by atoms with van der Waals surface area (Å²) in [5.41, 5.74) is 0.582. The third-order valence-corrected chi connectivity index (χ3v) is 3.56. The normalized spacial score (nSPS) is 19.2. The Morgan fingerprint density at radius 3 is 2.84 bits per heavy atom. The highest BCUT2D eigenvalue weighted by molar-refractivity contribution is 6.33. The van der Waals surface area contributed by atoms with Crippen LogP contribution in [0.1, 0.15) is 12.8 Å². The molecule has 1 saturated heterocycles. The second-order valence-electron chi connectivity index (χ2n) is 4.52. The van der Waals surface area contributed by atoms with E-state index in [1.165, 1.54) is 12.1 Å². The smallest absolute Gasteiger partial charge is 0.308 e. The van der Waals surface area contributed by atoms with Crippen molar-refractivity contribution in [3.05, 3.63) is 33.3 Å². The number of hydrogen-bond donors (Lipinski definition) is 1. The Morgan fingerprint density at radius 1 is 1.53 bits per heavy atom. The van der Waals surface area contributed by atoms with Gasteiger partial charge < -0.3 is 10.0 Å². The third-order valence-electron chi connectivity index (χ3n) is 3.25. The summed E-state index contributed by atoms with van der Waals surface area (Å²) in [6, 6.07) is 4.25. The molecule has 7 heteroatoms. The molecule has 102 valence electrons. The van der Waals surface area contributed by atoms with Gasteiger partial charge in [-0.3, -0.25) is 14.9 Å². The number of carboxylic acids is 1. The molecule has 19 heavy (non-hydrogen) atoms. The van der Waals surface area contributed by atoms with Crippen LogP contribution in [0.15, 0.2) is 18.2 Å². The number of carboxylic acid groups (broad SMARTS) is 1. The lowest BCUT2D eigenvalue weighted by atomic mass is 9.98. The zero-order chi connectivity index (χ0) is 14.0. The molecule has 0 saturated carbocycles. The molecule has 0 aromatic heterocycles. The van der Waals surface area contributed by atoms with Crippen LogP contribution in [0.2, 0.25) is 5.02 Å². The van der Waals surface area contributed by atoms with Gasteiger partial charge in [0, 0.05) is 25.2 Å². The summed E-state index contributed by atoms with van der Waals surface area (Å²) in [6.07, 6.45) is 1.42. The highest BCUT2D eigenvalue weighted by Gasteiger charge is 2.26. The van der Waals surface area contributed by atoms with E-state index in [-0.39, 0.29) is 10.7 Å². The van der Waals surface area contributed by atoms with Crippen molar-refractivity contribution in [2.24, 2.45) is 5.92 Å². The van der Waals surface area contributed by atoms with Gasteiger partial charge in [0.15, 0.2) is 0 Å². The van der Waals surface area contributed by atoms with Gasteiger partial charge in [0.05, 0.1) is 21.6 Å². The molecular formula is C12H13ClN2O4. The number of piperidine rings is 1. The Morgan fingerprint density at radius 2 is 2.26 bits per heavy atom. The van der Waals surface area contributed by atoms with E-state index in [9.17, 15) is 14.9 Å². The van der Waals surface area contributed by atoms with Crippen LogP contribution in [-0.4, -0.2) is 29.1 Å². The predicted molar refractivity (Wildman–Crippen MR) is 70.7 cm³/mol. The minimum Gasteiger partial charge on any atom is -0.481 e. The zero-order valence-electron chi connectivity index (χ0n) is 10.1. The first-order valence-corrected chi connectivity index (χ1v) is 6.28. The molecule has 0 bridgehead atoms. The van der Waals surface area contributed by atoms with Gasteiger partial charge in [0.2, 0.25) is 0 Å². The summed E-state index contributed by atoms with van der Waals surface area (Å²) in [7, 11) is 0. The molecule has 1 aliphatic rings. The number of hydrogen-bond acceptors (Lipinski definition) is 4. The predicted octanol–water partition coefficient (Wildman–Crippen LogP) is 2.55. The van der Waals surface area contributed by atoms with Crippen molar-refractivity contribution in [1.29, 1.82) is 0 Å². The Kier molecular flexibility index (Phi) is 3.90. The van der Waals surface area contributed by atoms with E-state index >= 15 is 0 Å². The number of nitrogens with zero attached hydrogens (tertiary/aromatic N) is 2. The molecular weight excluding hydrogens is 272 g/mol. The van der Waals surface area contributed by atoms with Gasteiger partial charge in [0.25, 0.3) is 5.69 Å². The standard InChI is InChI=1S/C12H13ClN2O4/c13-10-6-9(15(18)19)3-4-11(10)14-5-1-2-8(7-14)12(16)17/h3-4,6,8H,1-2,5,7H2,(H,16,17)/t8-/m1/s1. The molecule has 1 N–H and O–H groups in total. The SMILES string of the molecule is O=C(O)[C@@H]1CCCN(c2ccc([N+](=O)[O-])cc2Cl)C1. The lowest BCUT2D eigenvalue weighted by Crippen LogP contribution is -2.38. The van der Waals surface area contributed by atoms with Crippen LogP contribution in [-0.2, 0) is 4.79 Å². The van der Waals surface area contributed by atoms with Crippen LogP contribution in [0.4, 0.5) is 11.4 Å². The van der Waals surface area contributed by atoms with Crippen molar-refractivity contribution in [2.75, 3.05) is 18.0 Å². The third kappa shape index (κ3) is 2.96. The fourth-order valence-electron chi connectivity index (χ4n) is 2.26. The van der Waals surface area contributed by atoms with Gasteiger partial charge in [-0.05, 0) is 18.9 Å². The average Bonchev–Trinajstić information content (AvgIpc) is 2.38. The van der Waals surface area contributed by atoms with Crippen LogP contribution in [0.25, 0.3) is 0 Å². The van der Waals surface area contributed by atoms with Crippen molar-refractivity contribution in [1.82, 2.24) is 0 Å². The van der Waals surface area contributed by atoms with Crippen molar-refractivity contribution >= 4 is 28.9 Å². The molecule has 2 rings (SSSR count). The van der Waals surface area contributed by atoms with Crippen molar-refractivity contribution in [3.8, 4) is 0 Å². The molecule has 1 aromatic carbocycles. The zero-order valence-corrected chi connectivity index (χ0v) is 10.8. The first-order valence-electron chi connectivity index (χ1n) is 5.90. The van der Waals surface area contributed by atoms with Crippen LogP contribution >= 0.6 is 11.6 Å². The van der Waals surface area contributed by atoms with E-state index in [0.717, 1.165) is 6.42 Å². The Balaban J connectivity index is 2.22. The highest BCUT2D eigenvalue weighted by atomic mass is 35.5. The molecule has 1 fully saturated rings. The van der Waals surface area contributed by atoms with Crippen molar-refractivity contribution in [2.45, 2.75) is 12.8 Å². The number of aliphatic carboxylic acids is 1. The van der Waals surface area contributed by atoms with Crippen LogP contribution in [0.3, 0.4) is 0 Å². The van der Waals surface area contributed by atoms with Crippen LogP contribution in [0, 0.1) is 16.0 Å². The maximum Gasteiger partial charge on any atom is 0.308 e. The molecule has 0 radical (unpaired) electrons. The summed E-state index contributed by atoms with van der Waals surface area (Å²) in [5.74, 6) is -1.23. The van der Waals surface area contributed by atoms with E-state index in [1.54, 1.807) is 6.07 Å². The number of non-ortho nitro benzene ring substituents is 1. The van der Waals surface area contributed by atoms with E-state index in [4.69, 9.17) is 16.7 Å². The number of rotatable bonds is 3. The van der Waals surface area contributed by atoms with E-state index in [1.807, 2.05) is 4.90 Å². The van der Waals surface area contributed by atoms with Gasteiger partial charge in [-0.2, -0.15) is 0 Å². The number of anilines is 1. The van der Waals surface area contributed by atoms with Crippen LogP contribution in [0.5, 0.6) is 0 Å². The largest absolute Gasteiger partial charge is 0.481 e. The summed E-state index contributed by atoms with van der Waals surface area (Å²) in [4.78, 5) is 23.0. The van der Waals surface area contributed by atoms with Gasteiger partial charge in [-0.15, -0.1) is 0 Å². The van der Waals surface area contributed by atoms with Gasteiger partial charge >= 0.3 is 5.97 Å². The number of nitro benzene ring substituents is 1.